The smallest absolute Gasteiger partial charge is 0.104 e. The lowest BCUT2D eigenvalue weighted by molar-refractivity contribution is 1.08. The highest BCUT2D eigenvalue weighted by molar-refractivity contribution is 6.19. The minimum atomic E-state index is 0.621. The Morgan fingerprint density at radius 2 is 0.338 bits per heavy atom. The van der Waals surface area contributed by atoms with Gasteiger partial charge in [0, 0.05) is 97.6 Å². The first-order chi connectivity index (χ1) is 69.1. The Labute approximate surface area is 822 Å². The third kappa shape index (κ3) is 12.9. The molecule has 0 bridgehead atoms. The van der Waals surface area contributed by atoms with Crippen LogP contribution in [-0.2, 0) is 0 Å². The zero-order valence-electron chi connectivity index (χ0n) is 81.8. The van der Waals surface area contributed by atoms with E-state index in [1.165, 1.54) is 165 Å². The van der Waals surface area contributed by atoms with E-state index in [-0.39, 0.29) is 0 Å². The van der Waals surface area contributed by atoms with Crippen molar-refractivity contribution in [2.75, 3.05) is 0 Å². The van der Waals surface area contributed by atoms with Gasteiger partial charge in [-0.25, -0.2) is 0 Å². The molecule has 0 saturated carbocycles. The number of para-hydroxylation sites is 10. The first-order valence-electron chi connectivity index (χ1n) is 48.9. The Morgan fingerprint density at radius 1 is 0.155 bits per heavy atom. The minimum Gasteiger partial charge on any atom is -0.309 e. The maximum Gasteiger partial charge on any atom is 0.104 e. The zero-order chi connectivity index (χ0) is 97.0. The topological polar surface area (TPSA) is 111 Å². The van der Waals surface area contributed by atoms with Crippen molar-refractivity contribution >= 4 is 174 Å². The molecule has 678 valence electrons. The number of aromatic nitrogens is 8. The van der Waals surface area contributed by atoms with Gasteiger partial charge in [-0.1, -0.05) is 252 Å². The molecule has 11 nitrogen and oxygen atoms in total. The SMILES string of the molecule is Cc1cc(C)c2c(c1)c1cc(C)cc(C)c1n2-c1cc(-n2c3ccccc3c3ccccc32)c(C#N)c(-n2c3ccccc3c3ccccc32)c1.Cc1cc(C)c2c(c1)c1cc(C)cc(C)c1n2-c1cc(C#N)cc(-n2c3c(C)cc(C)cc3c3cc(C)cc(C)c32)c1.Cc1cccc2c3cccc(C)c3n(-c3cc(-n4c5ccccc5c5ccccc54)c(C#N)c(-n4c5ccccc5c5ccccc54)c3)c12. The molecule has 0 aliphatic rings. The molecular weight excluding hydrogens is 1730 g/mol. The molecule has 0 radical (unpaired) electrons. The van der Waals surface area contributed by atoms with Crippen LogP contribution in [0.25, 0.3) is 220 Å². The molecule has 0 atom stereocenters. The van der Waals surface area contributed by atoms with Crippen molar-refractivity contribution in [3.63, 3.8) is 0 Å². The second-order valence-electron chi connectivity index (χ2n) is 39.4. The molecule has 0 aliphatic carbocycles. The molecule has 142 heavy (non-hydrogen) atoms. The predicted molar refractivity (Wildman–Crippen MR) is 595 cm³/mol. The fourth-order valence-electron chi connectivity index (χ4n) is 24.6. The number of nitrogens with zero attached hydrogens (tertiary/aromatic N) is 11. The second kappa shape index (κ2) is 32.6. The summed E-state index contributed by atoms with van der Waals surface area (Å²) in [4.78, 5) is 0. The van der Waals surface area contributed by atoms with Gasteiger partial charge in [-0.05, 0) is 269 Å². The van der Waals surface area contributed by atoms with Crippen molar-refractivity contribution in [3.05, 3.63) is 440 Å². The van der Waals surface area contributed by atoms with E-state index in [9.17, 15) is 15.8 Å². The van der Waals surface area contributed by atoms with Crippen molar-refractivity contribution < 1.29 is 0 Å². The van der Waals surface area contributed by atoms with Gasteiger partial charge in [0.15, 0.2) is 0 Å². The molecular formula is C131H99N11. The lowest BCUT2D eigenvalue weighted by atomic mass is 10.0. The van der Waals surface area contributed by atoms with E-state index in [0.29, 0.717) is 16.7 Å². The highest BCUT2D eigenvalue weighted by Gasteiger charge is 2.31. The molecule has 8 heterocycles. The molecule has 8 aromatic heterocycles. The van der Waals surface area contributed by atoms with Crippen LogP contribution in [0.3, 0.4) is 0 Å². The lowest BCUT2D eigenvalue weighted by Gasteiger charge is -2.20. The number of rotatable bonds is 8. The number of hydrogen-bond acceptors (Lipinski definition) is 3. The molecule has 0 fully saturated rings. The summed E-state index contributed by atoms with van der Waals surface area (Å²) in [5, 5.41) is 52.2. The van der Waals surface area contributed by atoms with Crippen LogP contribution in [0, 0.1) is 131 Å². The maximum absolute atomic E-state index is 11.3. The van der Waals surface area contributed by atoms with E-state index in [2.05, 4.69) is 485 Å². The third-order valence-electron chi connectivity index (χ3n) is 29.8. The molecule has 0 aliphatic heterocycles. The summed E-state index contributed by atoms with van der Waals surface area (Å²) < 4.78 is 18.8. The number of fused-ring (bicyclic) bond motifs is 24. The summed E-state index contributed by atoms with van der Waals surface area (Å²) in [6.07, 6.45) is 0. The van der Waals surface area contributed by atoms with Crippen LogP contribution in [-0.4, -0.2) is 36.5 Å². The summed E-state index contributed by atoms with van der Waals surface area (Å²) in [7, 11) is 0. The molecule has 27 aromatic rings. The summed E-state index contributed by atoms with van der Waals surface area (Å²) in [6, 6.07) is 132. The molecule has 11 heteroatoms. The Kier molecular flexibility index (Phi) is 19.7. The summed E-state index contributed by atoms with van der Waals surface area (Å²) in [5.74, 6) is 0. The van der Waals surface area contributed by atoms with Crippen molar-refractivity contribution in [1.82, 2.24) is 36.5 Å². The van der Waals surface area contributed by atoms with Crippen LogP contribution in [0.15, 0.2) is 346 Å². The number of benzene rings is 19. The van der Waals surface area contributed by atoms with Gasteiger partial charge in [-0.15, -0.1) is 0 Å². The summed E-state index contributed by atoms with van der Waals surface area (Å²) in [5.41, 5.74) is 44.7. The molecule has 0 N–H and O–H groups in total. The van der Waals surface area contributed by atoms with E-state index in [1.54, 1.807) is 0 Å². The van der Waals surface area contributed by atoms with Crippen molar-refractivity contribution in [3.8, 4) is 63.7 Å². The van der Waals surface area contributed by atoms with E-state index in [0.717, 1.165) is 133 Å². The number of hydrogen-bond donors (Lipinski definition) is 0. The fraction of sp³-hybridized carbons (Fsp3) is 0.107. The van der Waals surface area contributed by atoms with Gasteiger partial charge < -0.3 is 36.5 Å². The Bertz CT molecular complexity index is 9460. The van der Waals surface area contributed by atoms with E-state index in [1.807, 2.05) is 12.1 Å². The normalized spacial score (nSPS) is 11.9. The number of nitriles is 3. The van der Waals surface area contributed by atoms with E-state index >= 15 is 0 Å². The monoisotopic (exact) mass is 1830 g/mol. The molecule has 0 unspecified atom stereocenters. The van der Waals surface area contributed by atoms with Gasteiger partial charge >= 0.3 is 0 Å². The molecule has 0 spiro atoms. The lowest BCUT2D eigenvalue weighted by Crippen LogP contribution is -2.08. The van der Waals surface area contributed by atoms with Crippen molar-refractivity contribution in [2.45, 2.75) is 96.9 Å². The largest absolute Gasteiger partial charge is 0.309 e. The van der Waals surface area contributed by atoms with Crippen LogP contribution >= 0.6 is 0 Å². The van der Waals surface area contributed by atoms with Crippen LogP contribution < -0.4 is 0 Å². The van der Waals surface area contributed by atoms with Crippen molar-refractivity contribution in [2.24, 2.45) is 0 Å². The first-order valence-corrected chi connectivity index (χ1v) is 48.9. The van der Waals surface area contributed by atoms with Gasteiger partial charge in [0.2, 0.25) is 0 Å². The quantitative estimate of drug-likeness (QED) is 0.151. The summed E-state index contributed by atoms with van der Waals surface area (Å²) in [6.45, 7) is 30.7. The van der Waals surface area contributed by atoms with Crippen LogP contribution in [0.1, 0.15) is 94.6 Å². The fourth-order valence-corrected chi connectivity index (χ4v) is 24.6. The van der Waals surface area contributed by atoms with Gasteiger partial charge in [-0.2, -0.15) is 15.8 Å². The predicted octanol–water partition coefficient (Wildman–Crippen LogP) is 33.8. The Balaban J connectivity index is 0.000000113. The standard InChI is InChI=1S/C47H34N4.C45H30N4.C39H35N3/c1-28-21-30(3)46-37(23-28)38-24-29(2)22-31(4)47(38)49(46)32-25-44(50-40-17-9-5-13-33(40)34-14-6-10-18-41(34)50)39(27-48)45(26-32)51-42-19-11-7-15-35(42)36-16-8-12-20-43(36)51;1-28-13-11-19-35-36-20-12-14-29(2)45(36)47(44(28)35)30-25-42(48-38-21-7-3-15-31(38)32-16-4-8-22-39(32)48)37(27-46)43(26-30)49-40-23-9-5-17-33(40)34-18-6-10-24-41(34)49;1-21-9-25(5)36-32(13-21)33-14-22(2)10-26(6)37(33)41(36)30-17-29(20-40)18-31(19-30)42-38-27(7)11-23(3)15-34(38)35-16-24(4)12-28(8)39(35)42/h5-26H,1-4H3;3-26H,1-2H3;9-19H,1-8H3. The molecule has 27 rings (SSSR count). The van der Waals surface area contributed by atoms with E-state index in [4.69, 9.17) is 0 Å². The van der Waals surface area contributed by atoms with Crippen molar-refractivity contribution in [1.29, 1.82) is 15.8 Å². The van der Waals surface area contributed by atoms with Crippen LogP contribution in [0.4, 0.5) is 0 Å². The van der Waals surface area contributed by atoms with Crippen LogP contribution in [0.5, 0.6) is 0 Å². The Morgan fingerprint density at radius 3 is 0.535 bits per heavy atom. The first kappa shape index (κ1) is 85.7. The van der Waals surface area contributed by atoms with Gasteiger partial charge in [0.25, 0.3) is 0 Å². The third-order valence-corrected chi connectivity index (χ3v) is 29.8. The Hall–Kier alpha value is -18.0. The van der Waals surface area contributed by atoms with Gasteiger partial charge in [0.1, 0.15) is 23.3 Å². The maximum atomic E-state index is 11.3. The van der Waals surface area contributed by atoms with Gasteiger partial charge in [0.05, 0.1) is 134 Å². The highest BCUT2D eigenvalue weighted by Crippen LogP contribution is 2.49. The molecule has 0 amide bonds. The highest BCUT2D eigenvalue weighted by atomic mass is 15.1. The van der Waals surface area contributed by atoms with Crippen LogP contribution in [0.2, 0.25) is 0 Å². The second-order valence-corrected chi connectivity index (χ2v) is 39.4. The zero-order valence-corrected chi connectivity index (χ0v) is 81.8. The van der Waals surface area contributed by atoms with Gasteiger partial charge in [-0.3, -0.25) is 0 Å². The summed E-state index contributed by atoms with van der Waals surface area (Å²) >= 11 is 0. The molecule has 19 aromatic carbocycles. The van der Waals surface area contributed by atoms with E-state index < -0.39 is 0 Å². The average Bonchev–Trinajstić information content (AvgIpc) is 1.56. The minimum absolute atomic E-state index is 0.621. The average molecular weight is 1830 g/mol. The molecule has 0 saturated heterocycles. The number of aryl methyl sites for hydroxylation is 14.